The highest BCUT2D eigenvalue weighted by atomic mass is 19.1. The number of rotatable bonds is 3. The third-order valence-electron chi connectivity index (χ3n) is 4.29. The minimum Gasteiger partial charge on any atom is -0.444 e. The fourth-order valence-electron chi connectivity index (χ4n) is 3.08. The molecule has 0 saturated heterocycles. The fraction of sp³-hybridized carbons (Fsp3) is 0.588. The zero-order valence-electron chi connectivity index (χ0n) is 13.9. The molecule has 0 radical (unpaired) electrons. The monoisotopic (exact) mass is 308 g/mol. The largest absolute Gasteiger partial charge is 0.444 e. The molecule has 2 atom stereocenters. The van der Waals surface area contributed by atoms with Gasteiger partial charge in [-0.2, -0.15) is 0 Å². The van der Waals surface area contributed by atoms with E-state index in [9.17, 15) is 9.18 Å². The summed E-state index contributed by atoms with van der Waals surface area (Å²) in [6, 6.07) is 4.76. The Kier molecular flexibility index (Phi) is 4.22. The molecule has 0 bridgehead atoms. The summed E-state index contributed by atoms with van der Waals surface area (Å²) in [6.45, 7) is 10.1. The SMILES string of the molecule is CC(C)(C)OC(=O)Nc1ccc(C2C(CN)C2(C)C)c(F)c1. The molecule has 0 aromatic heterocycles. The third-order valence-corrected chi connectivity index (χ3v) is 4.29. The van der Waals surface area contributed by atoms with Gasteiger partial charge in [0.2, 0.25) is 0 Å². The Bertz CT molecular complexity index is 579. The smallest absolute Gasteiger partial charge is 0.412 e. The molecule has 5 heteroatoms. The topological polar surface area (TPSA) is 64.3 Å². The number of halogens is 1. The van der Waals surface area contributed by atoms with Crippen LogP contribution in [-0.2, 0) is 4.74 Å². The minimum atomic E-state index is -0.591. The van der Waals surface area contributed by atoms with E-state index >= 15 is 0 Å². The van der Waals surface area contributed by atoms with Crippen molar-refractivity contribution in [2.75, 3.05) is 11.9 Å². The summed E-state index contributed by atoms with van der Waals surface area (Å²) in [5.41, 5.74) is 6.23. The van der Waals surface area contributed by atoms with Crippen LogP contribution < -0.4 is 11.1 Å². The van der Waals surface area contributed by atoms with E-state index in [0.29, 0.717) is 23.7 Å². The number of benzene rings is 1. The zero-order chi connectivity index (χ0) is 16.7. The van der Waals surface area contributed by atoms with Gasteiger partial charge in [-0.15, -0.1) is 0 Å². The van der Waals surface area contributed by atoms with Gasteiger partial charge >= 0.3 is 6.09 Å². The molecule has 122 valence electrons. The summed E-state index contributed by atoms with van der Waals surface area (Å²) in [6.07, 6.45) is -0.591. The van der Waals surface area contributed by atoms with Gasteiger partial charge in [0, 0.05) is 5.69 Å². The number of nitrogens with two attached hydrogens (primary N) is 1. The molecule has 1 amide bonds. The number of hydrogen-bond acceptors (Lipinski definition) is 3. The van der Waals surface area contributed by atoms with E-state index in [1.54, 1.807) is 32.9 Å². The van der Waals surface area contributed by atoms with Crippen molar-refractivity contribution in [3.05, 3.63) is 29.6 Å². The Morgan fingerprint density at radius 3 is 2.50 bits per heavy atom. The molecule has 2 unspecified atom stereocenters. The van der Waals surface area contributed by atoms with Gasteiger partial charge in [0.1, 0.15) is 11.4 Å². The number of ether oxygens (including phenoxy) is 1. The second kappa shape index (κ2) is 5.54. The van der Waals surface area contributed by atoms with E-state index in [-0.39, 0.29) is 17.2 Å². The van der Waals surface area contributed by atoms with Gasteiger partial charge < -0.3 is 10.5 Å². The van der Waals surface area contributed by atoms with Gasteiger partial charge in [-0.1, -0.05) is 19.9 Å². The molecule has 22 heavy (non-hydrogen) atoms. The molecule has 0 spiro atoms. The molecule has 1 aliphatic rings. The summed E-state index contributed by atoms with van der Waals surface area (Å²) in [5.74, 6) is 0.113. The Labute approximate surface area is 131 Å². The molecular weight excluding hydrogens is 283 g/mol. The summed E-state index contributed by atoms with van der Waals surface area (Å²) in [7, 11) is 0. The van der Waals surface area contributed by atoms with Crippen molar-refractivity contribution in [3.8, 4) is 0 Å². The van der Waals surface area contributed by atoms with Gasteiger partial charge in [0.25, 0.3) is 0 Å². The van der Waals surface area contributed by atoms with Crippen LogP contribution in [0.3, 0.4) is 0 Å². The highest BCUT2D eigenvalue weighted by Gasteiger charge is 2.57. The molecule has 1 aromatic carbocycles. The van der Waals surface area contributed by atoms with E-state index < -0.39 is 11.7 Å². The summed E-state index contributed by atoms with van der Waals surface area (Å²) in [5, 5.41) is 2.55. The Morgan fingerprint density at radius 2 is 2.05 bits per heavy atom. The molecule has 1 saturated carbocycles. The number of carbonyl (C=O) groups excluding carboxylic acids is 1. The fourth-order valence-corrected chi connectivity index (χ4v) is 3.08. The number of carbonyl (C=O) groups is 1. The number of anilines is 1. The molecule has 2 rings (SSSR count). The van der Waals surface area contributed by atoms with Crippen LogP contribution in [-0.4, -0.2) is 18.2 Å². The van der Waals surface area contributed by atoms with Gasteiger partial charge in [-0.3, -0.25) is 5.32 Å². The second-order valence-corrected chi connectivity index (χ2v) is 7.50. The highest BCUT2D eigenvalue weighted by Crippen LogP contribution is 2.64. The normalized spacial score (nSPS) is 23.0. The summed E-state index contributed by atoms with van der Waals surface area (Å²) < 4.78 is 19.5. The van der Waals surface area contributed by atoms with Gasteiger partial charge in [-0.05, 0) is 62.3 Å². The van der Waals surface area contributed by atoms with Gasteiger partial charge in [-0.25, -0.2) is 9.18 Å². The van der Waals surface area contributed by atoms with E-state index in [2.05, 4.69) is 19.2 Å². The van der Waals surface area contributed by atoms with Crippen molar-refractivity contribution in [1.82, 2.24) is 0 Å². The average Bonchev–Trinajstić information content (AvgIpc) is 2.88. The number of amides is 1. The first-order valence-electron chi connectivity index (χ1n) is 7.56. The quantitative estimate of drug-likeness (QED) is 0.891. The predicted octanol–water partition coefficient (Wildman–Crippen LogP) is 3.87. The summed E-state index contributed by atoms with van der Waals surface area (Å²) in [4.78, 5) is 11.7. The molecule has 0 aliphatic heterocycles. The van der Waals surface area contributed by atoms with Crippen molar-refractivity contribution >= 4 is 11.8 Å². The maximum atomic E-state index is 14.3. The first kappa shape index (κ1) is 16.7. The van der Waals surface area contributed by atoms with Crippen LogP contribution in [0, 0.1) is 17.2 Å². The lowest BCUT2D eigenvalue weighted by atomic mass is 10.0. The number of nitrogens with one attached hydrogen (secondary N) is 1. The molecule has 1 fully saturated rings. The van der Waals surface area contributed by atoms with Gasteiger partial charge in [0.15, 0.2) is 0 Å². The molecule has 3 N–H and O–H groups in total. The van der Waals surface area contributed by atoms with Crippen molar-refractivity contribution in [2.24, 2.45) is 17.1 Å². The first-order chi connectivity index (χ1) is 10.1. The van der Waals surface area contributed by atoms with E-state index in [0.717, 1.165) is 0 Å². The maximum Gasteiger partial charge on any atom is 0.412 e. The summed E-state index contributed by atoms with van der Waals surface area (Å²) >= 11 is 0. The van der Waals surface area contributed by atoms with Crippen LogP contribution in [0.25, 0.3) is 0 Å². The van der Waals surface area contributed by atoms with Crippen LogP contribution >= 0.6 is 0 Å². The first-order valence-corrected chi connectivity index (χ1v) is 7.56. The lowest BCUT2D eigenvalue weighted by Gasteiger charge is -2.19. The van der Waals surface area contributed by atoms with Crippen LogP contribution in [0.4, 0.5) is 14.9 Å². The van der Waals surface area contributed by atoms with Crippen LogP contribution in [0.5, 0.6) is 0 Å². The van der Waals surface area contributed by atoms with Crippen molar-refractivity contribution < 1.29 is 13.9 Å². The Morgan fingerprint density at radius 1 is 1.41 bits per heavy atom. The third kappa shape index (κ3) is 3.40. The minimum absolute atomic E-state index is 0.0235. The predicted molar refractivity (Wildman–Crippen MR) is 85.3 cm³/mol. The van der Waals surface area contributed by atoms with E-state index in [4.69, 9.17) is 10.5 Å². The lowest BCUT2D eigenvalue weighted by molar-refractivity contribution is 0.0636. The van der Waals surface area contributed by atoms with Crippen LogP contribution in [0.15, 0.2) is 18.2 Å². The average molecular weight is 308 g/mol. The molecule has 0 heterocycles. The molecule has 1 aliphatic carbocycles. The zero-order valence-corrected chi connectivity index (χ0v) is 13.9. The van der Waals surface area contributed by atoms with Crippen molar-refractivity contribution in [1.29, 1.82) is 0 Å². The highest BCUT2D eigenvalue weighted by molar-refractivity contribution is 5.84. The van der Waals surface area contributed by atoms with Crippen LogP contribution in [0.2, 0.25) is 0 Å². The number of hydrogen-bond donors (Lipinski definition) is 2. The second-order valence-electron chi connectivity index (χ2n) is 7.50. The van der Waals surface area contributed by atoms with Crippen molar-refractivity contribution in [3.63, 3.8) is 0 Å². The molecule has 1 aromatic rings. The Balaban J connectivity index is 2.10. The maximum absolute atomic E-state index is 14.3. The van der Waals surface area contributed by atoms with E-state index in [1.165, 1.54) is 6.07 Å². The standard InChI is InChI=1S/C17H25FN2O2/c1-16(2,3)22-15(21)20-10-6-7-11(13(18)8-10)14-12(9-19)17(14,4)5/h6-8,12,14H,9,19H2,1-5H3,(H,20,21). The van der Waals surface area contributed by atoms with E-state index in [1.807, 2.05) is 0 Å². The molecule has 4 nitrogen and oxygen atoms in total. The van der Waals surface area contributed by atoms with Crippen molar-refractivity contribution in [2.45, 2.75) is 46.1 Å². The molecular formula is C17H25FN2O2. The van der Waals surface area contributed by atoms with Crippen LogP contribution in [0.1, 0.15) is 46.1 Å². The van der Waals surface area contributed by atoms with Gasteiger partial charge in [0.05, 0.1) is 0 Å². The lowest BCUT2D eigenvalue weighted by Crippen LogP contribution is -2.27. The Hall–Kier alpha value is -1.62.